The van der Waals surface area contributed by atoms with Crippen LogP contribution in [0.25, 0.3) is 0 Å². The molecule has 2 N–H and O–H groups in total. The van der Waals surface area contributed by atoms with Gasteiger partial charge in [-0.2, -0.15) is 0 Å². The van der Waals surface area contributed by atoms with Gasteiger partial charge in [-0.25, -0.2) is 9.97 Å². The van der Waals surface area contributed by atoms with Crippen LogP contribution in [0.2, 0.25) is 0 Å². The van der Waals surface area contributed by atoms with Gasteiger partial charge in [0.05, 0.1) is 6.10 Å². The number of fused-ring (bicyclic) bond motifs is 1. The third-order valence-electron chi connectivity index (χ3n) is 7.48. The van der Waals surface area contributed by atoms with E-state index in [1.165, 1.54) is 17.5 Å². The van der Waals surface area contributed by atoms with Crippen LogP contribution in [0.15, 0.2) is 36.7 Å². The van der Waals surface area contributed by atoms with Crippen LogP contribution in [0, 0.1) is 5.92 Å². The molecule has 1 unspecified atom stereocenters. The number of nitrogens with one attached hydrogen (secondary N) is 2. The third kappa shape index (κ3) is 6.20. The van der Waals surface area contributed by atoms with Crippen molar-refractivity contribution in [1.82, 2.24) is 25.1 Å². The summed E-state index contributed by atoms with van der Waals surface area (Å²) in [5.74, 6) is 0.981. The molecule has 1 aromatic heterocycles. The van der Waals surface area contributed by atoms with Gasteiger partial charge in [0.15, 0.2) is 0 Å². The van der Waals surface area contributed by atoms with Gasteiger partial charge in [0.2, 0.25) is 5.91 Å². The number of hydrogen-bond acceptors (Lipinski definition) is 7. The number of anilines is 1. The molecule has 9 heteroatoms. The number of nitrogens with zero attached hydrogens (tertiary/aromatic N) is 4. The molecule has 0 spiro atoms. The first-order chi connectivity index (χ1) is 17.6. The van der Waals surface area contributed by atoms with E-state index in [1.807, 2.05) is 4.90 Å². The molecule has 5 rings (SSSR count). The number of carbonyl (C=O) groups is 2. The molecule has 2 aromatic rings. The standard InChI is InChI=1S/C27H36N6O3/c1-36-23(17-32-11-8-19-4-2-3-5-21(19)16-32)15-28-26(34)24-14-25(30-18-29-24)31-22-9-12-33(13-10-22)27(35)20-6-7-20/h2-5,14,18,20,22-23H,6-13,15-17H2,1H3,(H,28,34)(H,29,30,31). The van der Waals surface area contributed by atoms with E-state index >= 15 is 0 Å². The van der Waals surface area contributed by atoms with Crippen LogP contribution in [0.3, 0.4) is 0 Å². The Morgan fingerprint density at radius 2 is 1.86 bits per heavy atom. The van der Waals surface area contributed by atoms with Gasteiger partial charge in [-0.3, -0.25) is 14.5 Å². The number of amides is 2. The van der Waals surface area contributed by atoms with Gasteiger partial charge < -0.3 is 20.3 Å². The molecule has 3 aliphatic rings. The largest absolute Gasteiger partial charge is 0.378 e. The summed E-state index contributed by atoms with van der Waals surface area (Å²) < 4.78 is 5.67. The Hall–Kier alpha value is -3.04. The first-order valence-electron chi connectivity index (χ1n) is 13.1. The number of methoxy groups -OCH3 is 1. The minimum absolute atomic E-state index is 0.109. The summed E-state index contributed by atoms with van der Waals surface area (Å²) in [7, 11) is 1.69. The molecular formula is C27H36N6O3. The maximum Gasteiger partial charge on any atom is 0.270 e. The van der Waals surface area contributed by atoms with E-state index in [4.69, 9.17) is 4.74 Å². The molecule has 0 bridgehead atoms. The van der Waals surface area contributed by atoms with Gasteiger partial charge in [-0.15, -0.1) is 0 Å². The minimum atomic E-state index is -0.240. The highest BCUT2D eigenvalue weighted by Crippen LogP contribution is 2.32. The van der Waals surface area contributed by atoms with Gasteiger partial charge in [-0.05, 0) is 43.2 Å². The van der Waals surface area contributed by atoms with Crippen molar-refractivity contribution in [2.24, 2.45) is 5.92 Å². The predicted octanol–water partition coefficient (Wildman–Crippen LogP) is 2.09. The molecule has 36 heavy (non-hydrogen) atoms. The lowest BCUT2D eigenvalue weighted by atomic mass is 10.00. The summed E-state index contributed by atoms with van der Waals surface area (Å²) in [4.78, 5) is 37.9. The SMILES string of the molecule is COC(CNC(=O)c1cc(NC2CCN(C(=O)C3CC3)CC2)ncn1)CN1CCc2ccccc2C1. The Labute approximate surface area is 212 Å². The van der Waals surface area contributed by atoms with E-state index in [2.05, 4.69) is 49.8 Å². The maximum atomic E-state index is 12.8. The highest BCUT2D eigenvalue weighted by Gasteiger charge is 2.35. The average Bonchev–Trinajstić information content (AvgIpc) is 3.77. The minimum Gasteiger partial charge on any atom is -0.378 e. The summed E-state index contributed by atoms with van der Waals surface area (Å²) in [6.07, 6.45) is 6.18. The van der Waals surface area contributed by atoms with E-state index in [0.29, 0.717) is 24.0 Å². The van der Waals surface area contributed by atoms with Crippen molar-refractivity contribution in [2.75, 3.05) is 45.2 Å². The molecule has 0 radical (unpaired) electrons. The summed E-state index contributed by atoms with van der Waals surface area (Å²) in [6, 6.07) is 10.5. The zero-order chi connectivity index (χ0) is 24.9. The second-order valence-electron chi connectivity index (χ2n) is 10.1. The zero-order valence-electron chi connectivity index (χ0n) is 21.0. The topological polar surface area (TPSA) is 99.7 Å². The number of rotatable bonds is 9. The number of piperidine rings is 1. The molecule has 1 atom stereocenters. The van der Waals surface area contributed by atoms with E-state index in [9.17, 15) is 9.59 Å². The van der Waals surface area contributed by atoms with Crippen LogP contribution in [0.5, 0.6) is 0 Å². The van der Waals surface area contributed by atoms with E-state index in [0.717, 1.165) is 64.8 Å². The first kappa shape index (κ1) is 24.6. The Kier molecular flexibility index (Phi) is 7.77. The number of benzene rings is 1. The van der Waals surface area contributed by atoms with Crippen LogP contribution in [0.1, 0.15) is 47.3 Å². The molecule has 1 saturated carbocycles. The van der Waals surface area contributed by atoms with Crippen LogP contribution < -0.4 is 10.6 Å². The Morgan fingerprint density at radius 1 is 1.08 bits per heavy atom. The van der Waals surface area contributed by atoms with Crippen molar-refractivity contribution in [1.29, 1.82) is 0 Å². The van der Waals surface area contributed by atoms with E-state index in [1.54, 1.807) is 13.2 Å². The molecule has 1 aliphatic carbocycles. The highest BCUT2D eigenvalue weighted by molar-refractivity contribution is 5.92. The molecule has 1 aromatic carbocycles. The fourth-order valence-corrected chi connectivity index (χ4v) is 5.12. The second-order valence-corrected chi connectivity index (χ2v) is 10.1. The van der Waals surface area contributed by atoms with Crippen molar-refractivity contribution >= 4 is 17.6 Å². The molecule has 9 nitrogen and oxygen atoms in total. The second kappa shape index (κ2) is 11.3. The number of aromatic nitrogens is 2. The molecular weight excluding hydrogens is 456 g/mol. The van der Waals surface area contributed by atoms with Gasteiger partial charge in [-0.1, -0.05) is 24.3 Å². The van der Waals surface area contributed by atoms with Crippen LogP contribution >= 0.6 is 0 Å². The van der Waals surface area contributed by atoms with Crippen LogP contribution in [-0.4, -0.2) is 83.6 Å². The van der Waals surface area contributed by atoms with Crippen LogP contribution in [-0.2, 0) is 22.5 Å². The lowest BCUT2D eigenvalue weighted by Crippen LogP contribution is -2.43. The van der Waals surface area contributed by atoms with Gasteiger partial charge in [0.1, 0.15) is 17.8 Å². The zero-order valence-corrected chi connectivity index (χ0v) is 21.0. The van der Waals surface area contributed by atoms with Crippen molar-refractivity contribution in [3.63, 3.8) is 0 Å². The molecule has 2 amide bonds. The normalized spacial score (nSPS) is 19.4. The molecule has 1 saturated heterocycles. The Balaban J connectivity index is 1.08. The summed E-state index contributed by atoms with van der Waals surface area (Å²) >= 11 is 0. The van der Waals surface area contributed by atoms with E-state index in [-0.39, 0.29) is 24.0 Å². The van der Waals surface area contributed by atoms with Crippen molar-refractivity contribution in [3.8, 4) is 0 Å². The number of likely N-dealkylation sites (tertiary alicyclic amines) is 1. The average molecular weight is 493 g/mol. The molecule has 192 valence electrons. The van der Waals surface area contributed by atoms with E-state index < -0.39 is 0 Å². The summed E-state index contributed by atoms with van der Waals surface area (Å²) in [5.41, 5.74) is 3.11. The number of ether oxygens (including phenoxy) is 1. The first-order valence-corrected chi connectivity index (χ1v) is 13.1. The Bertz CT molecular complexity index is 1070. The predicted molar refractivity (Wildman–Crippen MR) is 137 cm³/mol. The van der Waals surface area contributed by atoms with Gasteiger partial charge >= 0.3 is 0 Å². The third-order valence-corrected chi connectivity index (χ3v) is 7.48. The number of hydrogen-bond donors (Lipinski definition) is 2. The number of carbonyl (C=O) groups excluding carboxylic acids is 2. The highest BCUT2D eigenvalue weighted by atomic mass is 16.5. The maximum absolute atomic E-state index is 12.8. The van der Waals surface area contributed by atoms with Gasteiger partial charge in [0.25, 0.3) is 5.91 Å². The van der Waals surface area contributed by atoms with Gasteiger partial charge in [0, 0.05) is 64.4 Å². The fourth-order valence-electron chi connectivity index (χ4n) is 5.12. The fraction of sp³-hybridized carbons (Fsp3) is 0.556. The molecule has 2 aliphatic heterocycles. The summed E-state index contributed by atoms with van der Waals surface area (Å²) in [6.45, 7) is 4.59. The molecule has 2 fully saturated rings. The monoisotopic (exact) mass is 492 g/mol. The Morgan fingerprint density at radius 3 is 2.61 bits per heavy atom. The lowest BCUT2D eigenvalue weighted by Gasteiger charge is -2.32. The summed E-state index contributed by atoms with van der Waals surface area (Å²) in [5, 5.41) is 6.39. The quantitative estimate of drug-likeness (QED) is 0.553. The van der Waals surface area contributed by atoms with Crippen molar-refractivity contribution in [2.45, 2.75) is 50.8 Å². The smallest absolute Gasteiger partial charge is 0.270 e. The molecule has 3 heterocycles. The van der Waals surface area contributed by atoms with Crippen LogP contribution in [0.4, 0.5) is 5.82 Å². The van der Waals surface area contributed by atoms with Crippen molar-refractivity contribution in [3.05, 3.63) is 53.5 Å². The lowest BCUT2D eigenvalue weighted by molar-refractivity contribution is -0.133. The van der Waals surface area contributed by atoms with Crippen molar-refractivity contribution < 1.29 is 14.3 Å².